The molecule has 1 heterocycles. The maximum Gasteiger partial charge on any atom is 0.347 e. The SMILES string of the molecule is Cc1ccc(N2C(=O)CS/C2=N\C(=O)Nc2ccccc2)c(C)c1. The highest BCUT2D eigenvalue weighted by atomic mass is 32.2. The first kappa shape index (κ1) is 16.3. The van der Waals surface area contributed by atoms with E-state index in [-0.39, 0.29) is 11.7 Å². The Balaban J connectivity index is 1.86. The van der Waals surface area contributed by atoms with Crippen molar-refractivity contribution in [2.45, 2.75) is 13.8 Å². The molecule has 0 spiro atoms. The summed E-state index contributed by atoms with van der Waals surface area (Å²) >= 11 is 1.27. The number of hydrogen-bond acceptors (Lipinski definition) is 3. The summed E-state index contributed by atoms with van der Waals surface area (Å²) in [6.07, 6.45) is 0. The molecule has 2 aromatic rings. The van der Waals surface area contributed by atoms with E-state index in [0.717, 1.165) is 16.8 Å². The van der Waals surface area contributed by atoms with Crippen molar-refractivity contribution in [3.63, 3.8) is 0 Å². The molecule has 6 heteroatoms. The van der Waals surface area contributed by atoms with Crippen molar-refractivity contribution in [3.05, 3.63) is 59.7 Å². The molecule has 1 N–H and O–H groups in total. The lowest BCUT2D eigenvalue weighted by molar-refractivity contribution is -0.115. The number of thioether (sulfide) groups is 1. The van der Waals surface area contributed by atoms with Crippen LogP contribution in [0.15, 0.2) is 53.5 Å². The molecule has 0 unspecified atom stereocenters. The van der Waals surface area contributed by atoms with Gasteiger partial charge in [0.2, 0.25) is 5.91 Å². The van der Waals surface area contributed by atoms with Crippen molar-refractivity contribution >= 4 is 40.2 Å². The smallest absolute Gasteiger partial charge is 0.306 e. The van der Waals surface area contributed by atoms with E-state index in [2.05, 4.69) is 10.3 Å². The quantitative estimate of drug-likeness (QED) is 0.900. The number of para-hydroxylation sites is 1. The van der Waals surface area contributed by atoms with Crippen LogP contribution in [-0.4, -0.2) is 22.9 Å². The molecule has 0 bridgehead atoms. The monoisotopic (exact) mass is 339 g/mol. The van der Waals surface area contributed by atoms with Gasteiger partial charge in [0, 0.05) is 5.69 Å². The summed E-state index contributed by atoms with van der Waals surface area (Å²) in [6, 6.07) is 14.5. The summed E-state index contributed by atoms with van der Waals surface area (Å²) in [5.41, 5.74) is 3.53. The molecule has 24 heavy (non-hydrogen) atoms. The Kier molecular flexibility index (Phi) is 4.66. The minimum Gasteiger partial charge on any atom is -0.306 e. The number of hydrogen-bond donors (Lipinski definition) is 1. The first-order valence-electron chi connectivity index (χ1n) is 7.52. The molecule has 1 aliphatic heterocycles. The van der Waals surface area contributed by atoms with Crippen LogP contribution >= 0.6 is 11.8 Å². The summed E-state index contributed by atoms with van der Waals surface area (Å²) in [6.45, 7) is 3.94. The molecule has 3 amide bonds. The fraction of sp³-hybridized carbons (Fsp3) is 0.167. The van der Waals surface area contributed by atoms with Crippen LogP contribution in [0.25, 0.3) is 0 Å². The number of amidine groups is 1. The van der Waals surface area contributed by atoms with Crippen LogP contribution in [0, 0.1) is 13.8 Å². The van der Waals surface area contributed by atoms with Crippen LogP contribution in [0.4, 0.5) is 16.2 Å². The number of nitrogens with zero attached hydrogens (tertiary/aromatic N) is 2. The van der Waals surface area contributed by atoms with Crippen LogP contribution < -0.4 is 10.2 Å². The molecule has 1 fully saturated rings. The van der Waals surface area contributed by atoms with E-state index in [9.17, 15) is 9.59 Å². The highest BCUT2D eigenvalue weighted by molar-refractivity contribution is 8.15. The van der Waals surface area contributed by atoms with Crippen LogP contribution in [0.5, 0.6) is 0 Å². The van der Waals surface area contributed by atoms with Crippen molar-refractivity contribution < 1.29 is 9.59 Å². The lowest BCUT2D eigenvalue weighted by atomic mass is 10.1. The molecule has 0 aromatic heterocycles. The molecule has 0 atom stereocenters. The van der Waals surface area contributed by atoms with Crippen LogP contribution in [-0.2, 0) is 4.79 Å². The van der Waals surface area contributed by atoms with Gasteiger partial charge in [-0.25, -0.2) is 4.79 Å². The van der Waals surface area contributed by atoms with E-state index < -0.39 is 6.03 Å². The molecule has 2 aromatic carbocycles. The molecule has 122 valence electrons. The highest BCUT2D eigenvalue weighted by Gasteiger charge is 2.31. The van der Waals surface area contributed by atoms with Crippen LogP contribution in [0.3, 0.4) is 0 Å². The summed E-state index contributed by atoms with van der Waals surface area (Å²) in [4.78, 5) is 30.0. The lowest BCUT2D eigenvalue weighted by Crippen LogP contribution is -2.30. The maximum atomic E-state index is 12.3. The standard InChI is InChI=1S/C18H17N3O2S/c1-12-8-9-15(13(2)10-12)21-16(22)11-24-18(21)20-17(23)19-14-6-4-3-5-7-14/h3-10H,11H2,1-2H3,(H,19,23)/b20-18-. The van der Waals surface area contributed by atoms with Crippen molar-refractivity contribution in [3.8, 4) is 0 Å². The van der Waals surface area contributed by atoms with Gasteiger partial charge in [0.15, 0.2) is 5.17 Å². The topological polar surface area (TPSA) is 61.8 Å². The number of urea groups is 1. The number of rotatable bonds is 2. The normalized spacial score (nSPS) is 15.8. The molecule has 0 aliphatic carbocycles. The van der Waals surface area contributed by atoms with Gasteiger partial charge in [0.05, 0.1) is 11.4 Å². The van der Waals surface area contributed by atoms with Gasteiger partial charge in [-0.3, -0.25) is 9.69 Å². The Bertz CT molecular complexity index is 818. The molecular weight excluding hydrogens is 322 g/mol. The first-order valence-corrected chi connectivity index (χ1v) is 8.51. The Morgan fingerprint density at radius 3 is 2.62 bits per heavy atom. The Morgan fingerprint density at radius 1 is 1.17 bits per heavy atom. The van der Waals surface area contributed by atoms with Crippen LogP contribution in [0.1, 0.15) is 11.1 Å². The summed E-state index contributed by atoms with van der Waals surface area (Å²) in [5, 5.41) is 3.10. The zero-order chi connectivity index (χ0) is 17.1. The number of carbonyl (C=O) groups is 2. The van der Waals surface area contributed by atoms with E-state index in [0.29, 0.717) is 10.9 Å². The Hall–Kier alpha value is -2.60. The van der Waals surface area contributed by atoms with E-state index >= 15 is 0 Å². The van der Waals surface area contributed by atoms with E-state index in [1.165, 1.54) is 16.7 Å². The average molecular weight is 339 g/mol. The van der Waals surface area contributed by atoms with E-state index in [1.54, 1.807) is 12.1 Å². The second kappa shape index (κ2) is 6.88. The number of aryl methyl sites for hydroxylation is 2. The maximum absolute atomic E-state index is 12.3. The van der Waals surface area contributed by atoms with Gasteiger partial charge in [-0.15, -0.1) is 0 Å². The molecular formula is C18H17N3O2S. The number of amides is 3. The number of carbonyl (C=O) groups excluding carboxylic acids is 2. The predicted octanol–water partition coefficient (Wildman–Crippen LogP) is 3.97. The predicted molar refractivity (Wildman–Crippen MR) is 98.8 cm³/mol. The zero-order valence-electron chi connectivity index (χ0n) is 13.4. The number of benzene rings is 2. The van der Waals surface area contributed by atoms with Gasteiger partial charge in [-0.05, 0) is 37.6 Å². The lowest BCUT2D eigenvalue weighted by Gasteiger charge is -2.18. The molecule has 1 saturated heterocycles. The fourth-order valence-electron chi connectivity index (χ4n) is 2.50. The second-order valence-electron chi connectivity index (χ2n) is 5.50. The largest absolute Gasteiger partial charge is 0.347 e. The Morgan fingerprint density at radius 2 is 1.92 bits per heavy atom. The minimum absolute atomic E-state index is 0.0711. The molecule has 1 aliphatic rings. The number of anilines is 2. The van der Waals surface area contributed by atoms with Crippen molar-refractivity contribution in [2.24, 2.45) is 4.99 Å². The third-order valence-corrected chi connectivity index (χ3v) is 4.50. The fourth-order valence-corrected chi connectivity index (χ4v) is 3.36. The van der Waals surface area contributed by atoms with Gasteiger partial charge < -0.3 is 5.32 Å². The first-order chi connectivity index (χ1) is 11.5. The van der Waals surface area contributed by atoms with Gasteiger partial charge in [0.1, 0.15) is 0 Å². The van der Waals surface area contributed by atoms with Crippen LogP contribution in [0.2, 0.25) is 0 Å². The third kappa shape index (κ3) is 3.49. The van der Waals surface area contributed by atoms with Gasteiger partial charge >= 0.3 is 6.03 Å². The molecule has 3 rings (SSSR count). The summed E-state index contributed by atoms with van der Waals surface area (Å²) in [5.74, 6) is 0.211. The van der Waals surface area contributed by atoms with Crippen molar-refractivity contribution in [1.29, 1.82) is 0 Å². The molecule has 0 radical (unpaired) electrons. The minimum atomic E-state index is -0.492. The van der Waals surface area contributed by atoms with Gasteiger partial charge in [-0.2, -0.15) is 4.99 Å². The second-order valence-corrected chi connectivity index (χ2v) is 6.44. The Labute approximate surface area is 144 Å². The number of nitrogens with one attached hydrogen (secondary N) is 1. The zero-order valence-corrected chi connectivity index (χ0v) is 14.3. The summed E-state index contributed by atoms with van der Waals surface area (Å²) < 4.78 is 0. The molecule has 0 saturated carbocycles. The number of aliphatic imine (C=N–C) groups is 1. The summed E-state index contributed by atoms with van der Waals surface area (Å²) in [7, 11) is 0. The van der Waals surface area contributed by atoms with Gasteiger partial charge in [-0.1, -0.05) is 47.7 Å². The van der Waals surface area contributed by atoms with Crippen molar-refractivity contribution in [1.82, 2.24) is 0 Å². The van der Waals surface area contributed by atoms with Crippen molar-refractivity contribution in [2.75, 3.05) is 16.0 Å². The third-order valence-electron chi connectivity index (χ3n) is 3.58. The van der Waals surface area contributed by atoms with E-state index in [4.69, 9.17) is 0 Å². The van der Waals surface area contributed by atoms with Gasteiger partial charge in [0.25, 0.3) is 0 Å². The van der Waals surface area contributed by atoms with E-state index in [1.807, 2.05) is 50.2 Å². The average Bonchev–Trinajstić information content (AvgIpc) is 2.89. The molecule has 5 nitrogen and oxygen atoms in total. The highest BCUT2D eigenvalue weighted by Crippen LogP contribution is 2.30.